The minimum atomic E-state index is 0.570. The summed E-state index contributed by atoms with van der Waals surface area (Å²) in [4.78, 5) is 0. The van der Waals surface area contributed by atoms with Crippen molar-refractivity contribution in [3.05, 3.63) is 59.8 Å². The first kappa shape index (κ1) is 13.4. The SMILES string of the molecule is COc1ccc(C(=CN)c2ccc3c(c2)OCCO3)cc1. The number of rotatable bonds is 3. The summed E-state index contributed by atoms with van der Waals surface area (Å²) < 4.78 is 16.3. The molecule has 0 saturated carbocycles. The molecule has 21 heavy (non-hydrogen) atoms. The van der Waals surface area contributed by atoms with Gasteiger partial charge in [0, 0.05) is 11.8 Å². The Hall–Kier alpha value is -2.62. The van der Waals surface area contributed by atoms with E-state index >= 15 is 0 Å². The van der Waals surface area contributed by atoms with E-state index < -0.39 is 0 Å². The highest BCUT2D eigenvalue weighted by Crippen LogP contribution is 2.34. The molecule has 0 bridgehead atoms. The maximum atomic E-state index is 5.82. The molecule has 0 unspecified atom stereocenters. The first-order chi connectivity index (χ1) is 10.3. The van der Waals surface area contributed by atoms with Gasteiger partial charge in [-0.15, -0.1) is 0 Å². The summed E-state index contributed by atoms with van der Waals surface area (Å²) in [6.07, 6.45) is 1.60. The van der Waals surface area contributed by atoms with Crippen molar-refractivity contribution in [2.75, 3.05) is 20.3 Å². The van der Waals surface area contributed by atoms with Crippen LogP contribution in [0.2, 0.25) is 0 Å². The van der Waals surface area contributed by atoms with Crippen LogP contribution >= 0.6 is 0 Å². The molecule has 108 valence electrons. The van der Waals surface area contributed by atoms with Crippen molar-refractivity contribution < 1.29 is 14.2 Å². The summed E-state index contributed by atoms with van der Waals surface area (Å²) in [7, 11) is 1.65. The summed E-state index contributed by atoms with van der Waals surface area (Å²) in [6, 6.07) is 13.6. The highest BCUT2D eigenvalue weighted by atomic mass is 16.6. The molecule has 2 N–H and O–H groups in total. The molecule has 2 aromatic carbocycles. The first-order valence-corrected chi connectivity index (χ1v) is 6.78. The highest BCUT2D eigenvalue weighted by Gasteiger charge is 2.14. The van der Waals surface area contributed by atoms with Crippen molar-refractivity contribution in [1.29, 1.82) is 0 Å². The van der Waals surface area contributed by atoms with Gasteiger partial charge in [0.2, 0.25) is 0 Å². The van der Waals surface area contributed by atoms with Crippen LogP contribution in [0.1, 0.15) is 11.1 Å². The highest BCUT2D eigenvalue weighted by molar-refractivity contribution is 5.80. The minimum absolute atomic E-state index is 0.570. The maximum absolute atomic E-state index is 5.82. The van der Waals surface area contributed by atoms with E-state index in [2.05, 4.69) is 0 Å². The largest absolute Gasteiger partial charge is 0.497 e. The molecule has 0 amide bonds. The van der Waals surface area contributed by atoms with E-state index in [9.17, 15) is 0 Å². The monoisotopic (exact) mass is 283 g/mol. The Morgan fingerprint density at radius 1 is 1.00 bits per heavy atom. The van der Waals surface area contributed by atoms with E-state index in [1.54, 1.807) is 13.3 Å². The molecule has 0 fully saturated rings. The predicted molar refractivity (Wildman–Crippen MR) is 81.7 cm³/mol. The standard InChI is InChI=1S/C17H17NO3/c1-19-14-5-2-12(3-6-14)15(11-18)13-4-7-16-17(10-13)21-9-8-20-16/h2-7,10-11H,8-9,18H2,1H3. The maximum Gasteiger partial charge on any atom is 0.161 e. The van der Waals surface area contributed by atoms with Crippen LogP contribution < -0.4 is 19.9 Å². The van der Waals surface area contributed by atoms with Gasteiger partial charge in [-0.1, -0.05) is 18.2 Å². The van der Waals surface area contributed by atoms with Crippen LogP contribution in [0.25, 0.3) is 5.57 Å². The van der Waals surface area contributed by atoms with Gasteiger partial charge in [0.05, 0.1) is 7.11 Å². The van der Waals surface area contributed by atoms with Gasteiger partial charge in [-0.3, -0.25) is 0 Å². The van der Waals surface area contributed by atoms with Gasteiger partial charge >= 0.3 is 0 Å². The smallest absolute Gasteiger partial charge is 0.161 e. The van der Waals surface area contributed by atoms with Gasteiger partial charge in [0.15, 0.2) is 11.5 Å². The molecule has 1 aliphatic rings. The van der Waals surface area contributed by atoms with E-state index in [1.807, 2.05) is 42.5 Å². The fourth-order valence-corrected chi connectivity index (χ4v) is 2.34. The third kappa shape index (κ3) is 2.65. The lowest BCUT2D eigenvalue weighted by molar-refractivity contribution is 0.171. The molecule has 0 spiro atoms. The van der Waals surface area contributed by atoms with Crippen LogP contribution in [0, 0.1) is 0 Å². The number of nitrogens with two attached hydrogens (primary N) is 1. The van der Waals surface area contributed by atoms with Crippen LogP contribution in [0.5, 0.6) is 17.2 Å². The lowest BCUT2D eigenvalue weighted by atomic mass is 9.98. The van der Waals surface area contributed by atoms with Crippen molar-refractivity contribution in [1.82, 2.24) is 0 Å². The first-order valence-electron chi connectivity index (χ1n) is 6.78. The average Bonchev–Trinajstić information content (AvgIpc) is 2.56. The Morgan fingerprint density at radius 3 is 2.33 bits per heavy atom. The van der Waals surface area contributed by atoms with Gasteiger partial charge in [-0.25, -0.2) is 0 Å². The second-order valence-corrected chi connectivity index (χ2v) is 4.67. The fraction of sp³-hybridized carbons (Fsp3) is 0.176. The molecular formula is C17H17NO3. The van der Waals surface area contributed by atoms with Gasteiger partial charge < -0.3 is 19.9 Å². The molecule has 2 aromatic rings. The van der Waals surface area contributed by atoms with E-state index in [0.29, 0.717) is 13.2 Å². The summed E-state index contributed by atoms with van der Waals surface area (Å²) in [5.41, 5.74) is 8.77. The topological polar surface area (TPSA) is 53.7 Å². The van der Waals surface area contributed by atoms with Crippen molar-refractivity contribution in [3.63, 3.8) is 0 Å². The Balaban J connectivity index is 1.96. The van der Waals surface area contributed by atoms with Gasteiger partial charge in [-0.2, -0.15) is 0 Å². The van der Waals surface area contributed by atoms with Crippen LogP contribution in [0.15, 0.2) is 48.7 Å². The quantitative estimate of drug-likeness (QED) is 0.941. The van der Waals surface area contributed by atoms with Crippen LogP contribution in [-0.4, -0.2) is 20.3 Å². The third-order valence-electron chi connectivity index (χ3n) is 3.42. The molecule has 4 nitrogen and oxygen atoms in total. The number of methoxy groups -OCH3 is 1. The van der Waals surface area contributed by atoms with E-state index in [0.717, 1.165) is 33.9 Å². The molecule has 0 atom stereocenters. The summed E-state index contributed by atoms with van der Waals surface area (Å²) >= 11 is 0. The molecule has 1 aliphatic heterocycles. The van der Waals surface area contributed by atoms with Gasteiger partial charge in [0.1, 0.15) is 19.0 Å². The zero-order chi connectivity index (χ0) is 14.7. The number of hydrogen-bond acceptors (Lipinski definition) is 4. The Labute approximate surface area is 123 Å². The summed E-state index contributed by atoms with van der Waals surface area (Å²) in [6.45, 7) is 1.16. The molecule has 4 heteroatoms. The molecule has 0 aromatic heterocycles. The molecule has 1 heterocycles. The lowest BCUT2D eigenvalue weighted by Gasteiger charge is -2.19. The van der Waals surface area contributed by atoms with Crippen LogP contribution in [0.3, 0.4) is 0 Å². The number of benzene rings is 2. The number of ether oxygens (including phenoxy) is 3. The minimum Gasteiger partial charge on any atom is -0.497 e. The number of hydrogen-bond donors (Lipinski definition) is 1. The van der Waals surface area contributed by atoms with E-state index in [1.165, 1.54) is 0 Å². The molecule has 3 rings (SSSR count). The average molecular weight is 283 g/mol. The van der Waals surface area contributed by atoms with Crippen LogP contribution in [-0.2, 0) is 0 Å². The fourth-order valence-electron chi connectivity index (χ4n) is 2.34. The van der Waals surface area contributed by atoms with Gasteiger partial charge in [-0.05, 0) is 35.4 Å². The molecule has 0 saturated heterocycles. The summed E-state index contributed by atoms with van der Waals surface area (Å²) in [5.74, 6) is 2.35. The van der Waals surface area contributed by atoms with Crippen molar-refractivity contribution >= 4 is 5.57 Å². The normalized spacial score (nSPS) is 13.9. The van der Waals surface area contributed by atoms with E-state index in [-0.39, 0.29) is 0 Å². The van der Waals surface area contributed by atoms with Crippen molar-refractivity contribution in [2.45, 2.75) is 0 Å². The zero-order valence-corrected chi connectivity index (χ0v) is 11.8. The molecule has 0 radical (unpaired) electrons. The van der Waals surface area contributed by atoms with Crippen LogP contribution in [0.4, 0.5) is 0 Å². The Bertz CT molecular complexity index is 662. The lowest BCUT2D eigenvalue weighted by Crippen LogP contribution is -2.15. The van der Waals surface area contributed by atoms with Crippen molar-refractivity contribution in [2.24, 2.45) is 5.73 Å². The van der Waals surface area contributed by atoms with Gasteiger partial charge in [0.25, 0.3) is 0 Å². The second kappa shape index (κ2) is 5.79. The molecular weight excluding hydrogens is 266 g/mol. The third-order valence-corrected chi connectivity index (χ3v) is 3.42. The zero-order valence-electron chi connectivity index (χ0n) is 11.8. The second-order valence-electron chi connectivity index (χ2n) is 4.67. The van der Waals surface area contributed by atoms with E-state index in [4.69, 9.17) is 19.9 Å². The summed E-state index contributed by atoms with van der Waals surface area (Å²) in [5, 5.41) is 0. The Kier molecular flexibility index (Phi) is 3.69. The predicted octanol–water partition coefficient (Wildman–Crippen LogP) is 2.81. The number of fused-ring (bicyclic) bond motifs is 1. The Morgan fingerprint density at radius 2 is 1.67 bits per heavy atom. The van der Waals surface area contributed by atoms with Crippen molar-refractivity contribution in [3.8, 4) is 17.2 Å². The molecule has 0 aliphatic carbocycles.